The number of nitrogens with zero attached hydrogens (tertiary/aromatic N) is 2. The van der Waals surface area contributed by atoms with E-state index in [9.17, 15) is 9.59 Å². The topological polar surface area (TPSA) is 84.0 Å². The fourth-order valence-electron chi connectivity index (χ4n) is 2.67. The van der Waals surface area contributed by atoms with Crippen molar-refractivity contribution in [2.45, 2.75) is 30.8 Å². The number of amides is 2. The molecule has 0 saturated heterocycles. The largest absolute Gasteiger partial charge is 0.352 e. The van der Waals surface area contributed by atoms with Crippen LogP contribution in [0.3, 0.4) is 0 Å². The highest BCUT2D eigenvalue weighted by Crippen LogP contribution is 2.21. The zero-order valence-electron chi connectivity index (χ0n) is 17.1. The van der Waals surface area contributed by atoms with Crippen molar-refractivity contribution in [3.05, 3.63) is 88.2 Å². The van der Waals surface area contributed by atoms with Gasteiger partial charge in [0, 0.05) is 25.3 Å². The number of hydrogen-bond donors (Lipinski definition) is 2. The maximum atomic E-state index is 12.5. The average Bonchev–Trinajstić information content (AvgIpc) is 2.78. The molecule has 6 nitrogen and oxygen atoms in total. The number of nitrogens with one attached hydrogen (secondary N) is 2. The lowest BCUT2D eigenvalue weighted by molar-refractivity contribution is -0.121. The van der Waals surface area contributed by atoms with E-state index in [0.717, 1.165) is 11.1 Å². The van der Waals surface area contributed by atoms with Gasteiger partial charge >= 0.3 is 0 Å². The molecular weight excluding hydrogens is 432 g/mol. The standard InChI is InChI=1S/C23H23ClN4O2S/c1-16-7-9-17(10-8-16)13-26-20(29)11-12-25-22(30)21-19(24)14-27-23(28-21)31-15-18-5-3-2-4-6-18/h2-10,14H,11-13,15H2,1H3,(H,25,30)(H,26,29). The molecule has 0 radical (unpaired) electrons. The number of thioether (sulfide) groups is 1. The summed E-state index contributed by atoms with van der Waals surface area (Å²) in [6.45, 7) is 2.65. The minimum Gasteiger partial charge on any atom is -0.352 e. The second-order valence-corrected chi connectivity index (χ2v) is 8.24. The van der Waals surface area contributed by atoms with Crippen LogP contribution in [-0.4, -0.2) is 28.3 Å². The fraction of sp³-hybridized carbons (Fsp3) is 0.217. The van der Waals surface area contributed by atoms with Crippen molar-refractivity contribution in [3.63, 3.8) is 0 Å². The van der Waals surface area contributed by atoms with Gasteiger partial charge in [0.05, 0.1) is 11.2 Å². The molecule has 0 aliphatic carbocycles. The van der Waals surface area contributed by atoms with Crippen LogP contribution in [0.15, 0.2) is 66.0 Å². The number of rotatable bonds is 9. The maximum Gasteiger partial charge on any atom is 0.271 e. The van der Waals surface area contributed by atoms with E-state index >= 15 is 0 Å². The Hall–Kier alpha value is -2.90. The molecule has 3 rings (SSSR count). The Labute approximate surface area is 190 Å². The molecule has 2 aromatic carbocycles. The van der Waals surface area contributed by atoms with Crippen LogP contribution in [-0.2, 0) is 17.1 Å². The van der Waals surface area contributed by atoms with Crippen LogP contribution in [0.2, 0.25) is 5.02 Å². The van der Waals surface area contributed by atoms with Gasteiger partial charge in [0.15, 0.2) is 10.9 Å². The molecule has 2 N–H and O–H groups in total. The van der Waals surface area contributed by atoms with E-state index in [1.807, 2.05) is 61.5 Å². The number of aryl methyl sites for hydroxylation is 1. The lowest BCUT2D eigenvalue weighted by Gasteiger charge is -2.08. The summed E-state index contributed by atoms with van der Waals surface area (Å²) in [5.41, 5.74) is 3.43. The highest BCUT2D eigenvalue weighted by Gasteiger charge is 2.15. The van der Waals surface area contributed by atoms with Crippen LogP contribution in [0.1, 0.15) is 33.6 Å². The third-order valence-corrected chi connectivity index (χ3v) is 5.60. The highest BCUT2D eigenvalue weighted by atomic mass is 35.5. The van der Waals surface area contributed by atoms with Gasteiger partial charge in [-0.15, -0.1) is 0 Å². The zero-order chi connectivity index (χ0) is 22.1. The van der Waals surface area contributed by atoms with Crippen molar-refractivity contribution in [2.24, 2.45) is 0 Å². The first-order valence-electron chi connectivity index (χ1n) is 9.81. The molecule has 3 aromatic rings. The Morgan fingerprint density at radius 2 is 1.74 bits per heavy atom. The van der Waals surface area contributed by atoms with Gasteiger partial charge in [-0.1, -0.05) is 83.5 Å². The number of carbonyl (C=O) groups is 2. The Bertz CT molecular complexity index is 1030. The molecule has 0 unspecified atom stereocenters. The van der Waals surface area contributed by atoms with E-state index in [4.69, 9.17) is 11.6 Å². The molecule has 2 amide bonds. The minimum atomic E-state index is -0.430. The van der Waals surface area contributed by atoms with E-state index in [1.54, 1.807) is 0 Å². The van der Waals surface area contributed by atoms with Crippen LogP contribution in [0.25, 0.3) is 0 Å². The molecule has 1 aromatic heterocycles. The van der Waals surface area contributed by atoms with Crippen molar-refractivity contribution >= 4 is 35.2 Å². The molecule has 1 heterocycles. The number of hydrogen-bond acceptors (Lipinski definition) is 5. The Morgan fingerprint density at radius 1 is 1.00 bits per heavy atom. The molecule has 0 bridgehead atoms. The van der Waals surface area contributed by atoms with E-state index in [1.165, 1.54) is 23.5 Å². The monoisotopic (exact) mass is 454 g/mol. The van der Waals surface area contributed by atoms with Crippen molar-refractivity contribution in [1.82, 2.24) is 20.6 Å². The third kappa shape index (κ3) is 7.38. The van der Waals surface area contributed by atoms with Crippen LogP contribution in [0.4, 0.5) is 0 Å². The Kier molecular flexibility index (Phi) is 8.44. The molecular formula is C23H23ClN4O2S. The van der Waals surface area contributed by atoms with E-state index in [0.29, 0.717) is 17.5 Å². The summed E-state index contributed by atoms with van der Waals surface area (Å²) in [6.07, 6.45) is 1.58. The third-order valence-electron chi connectivity index (χ3n) is 4.40. The van der Waals surface area contributed by atoms with Crippen molar-refractivity contribution in [3.8, 4) is 0 Å². The quantitative estimate of drug-likeness (QED) is 0.374. The van der Waals surface area contributed by atoms with Gasteiger partial charge in [-0.25, -0.2) is 9.97 Å². The average molecular weight is 455 g/mol. The van der Waals surface area contributed by atoms with Crippen molar-refractivity contribution < 1.29 is 9.59 Å². The number of benzene rings is 2. The van der Waals surface area contributed by atoms with Crippen LogP contribution in [0, 0.1) is 6.92 Å². The fourth-order valence-corrected chi connectivity index (χ4v) is 3.62. The summed E-state index contributed by atoms with van der Waals surface area (Å²) in [7, 11) is 0. The number of halogens is 1. The van der Waals surface area contributed by atoms with E-state index < -0.39 is 5.91 Å². The predicted molar refractivity (Wildman–Crippen MR) is 123 cm³/mol. The lowest BCUT2D eigenvalue weighted by atomic mass is 10.1. The molecule has 0 spiro atoms. The second-order valence-electron chi connectivity index (χ2n) is 6.89. The van der Waals surface area contributed by atoms with Crippen molar-refractivity contribution in [2.75, 3.05) is 6.54 Å². The smallest absolute Gasteiger partial charge is 0.271 e. The normalized spacial score (nSPS) is 10.5. The molecule has 8 heteroatoms. The van der Waals surface area contributed by atoms with Crippen molar-refractivity contribution in [1.29, 1.82) is 0 Å². The van der Waals surface area contributed by atoms with E-state index in [-0.39, 0.29) is 29.6 Å². The maximum absolute atomic E-state index is 12.5. The Morgan fingerprint density at radius 3 is 2.48 bits per heavy atom. The summed E-state index contributed by atoms with van der Waals surface area (Å²) < 4.78 is 0. The van der Waals surface area contributed by atoms with Gasteiger partial charge in [0.1, 0.15) is 0 Å². The molecule has 0 aliphatic heterocycles. The summed E-state index contributed by atoms with van der Waals surface area (Å²) in [4.78, 5) is 32.9. The molecule has 31 heavy (non-hydrogen) atoms. The van der Waals surface area contributed by atoms with Gasteiger partial charge in [0.25, 0.3) is 5.91 Å². The van der Waals surface area contributed by atoms with Crippen LogP contribution < -0.4 is 10.6 Å². The molecule has 0 atom stereocenters. The second kappa shape index (κ2) is 11.5. The van der Waals surface area contributed by atoms with Crippen LogP contribution in [0.5, 0.6) is 0 Å². The Balaban J connectivity index is 1.45. The highest BCUT2D eigenvalue weighted by molar-refractivity contribution is 7.98. The first kappa shape index (κ1) is 22.8. The first-order valence-corrected chi connectivity index (χ1v) is 11.2. The van der Waals surface area contributed by atoms with Gasteiger partial charge in [-0.2, -0.15) is 0 Å². The predicted octanol–water partition coefficient (Wildman–Crippen LogP) is 4.17. The van der Waals surface area contributed by atoms with Gasteiger partial charge in [0.2, 0.25) is 5.91 Å². The molecule has 0 saturated carbocycles. The zero-order valence-corrected chi connectivity index (χ0v) is 18.7. The summed E-state index contributed by atoms with van der Waals surface area (Å²) in [5, 5.41) is 6.17. The summed E-state index contributed by atoms with van der Waals surface area (Å²) in [6, 6.07) is 17.9. The molecule has 160 valence electrons. The van der Waals surface area contributed by atoms with Gasteiger partial charge in [-0.3, -0.25) is 9.59 Å². The minimum absolute atomic E-state index is 0.104. The summed E-state index contributed by atoms with van der Waals surface area (Å²) >= 11 is 7.53. The lowest BCUT2D eigenvalue weighted by Crippen LogP contribution is -2.31. The SMILES string of the molecule is Cc1ccc(CNC(=O)CCNC(=O)c2nc(SCc3ccccc3)ncc2Cl)cc1. The number of carbonyl (C=O) groups excluding carboxylic acids is 2. The molecule has 0 fully saturated rings. The molecule has 0 aliphatic rings. The first-order chi connectivity index (χ1) is 15.0. The van der Waals surface area contributed by atoms with Gasteiger partial charge in [-0.05, 0) is 18.1 Å². The van der Waals surface area contributed by atoms with E-state index in [2.05, 4.69) is 20.6 Å². The summed E-state index contributed by atoms with van der Waals surface area (Å²) in [5.74, 6) is 0.110. The number of aromatic nitrogens is 2. The van der Waals surface area contributed by atoms with Crippen LogP contribution >= 0.6 is 23.4 Å². The van der Waals surface area contributed by atoms with Gasteiger partial charge < -0.3 is 10.6 Å².